The van der Waals surface area contributed by atoms with Gasteiger partial charge in [-0.05, 0) is 6.92 Å². The fourth-order valence-electron chi connectivity index (χ4n) is 1.76. The van der Waals surface area contributed by atoms with E-state index in [1.54, 1.807) is 0 Å². The number of alkyl halides is 9. The molecule has 1 rings (SSSR count). The molecule has 0 aromatic rings. The summed E-state index contributed by atoms with van der Waals surface area (Å²) in [5, 5.41) is 0. The molecule has 0 aromatic heterocycles. The summed E-state index contributed by atoms with van der Waals surface area (Å²) in [5.74, 6) is -8.79. The van der Waals surface area contributed by atoms with E-state index in [9.17, 15) is 39.5 Å². The van der Waals surface area contributed by atoms with Gasteiger partial charge < -0.3 is 0 Å². The third-order valence-corrected chi connectivity index (χ3v) is 2.89. The highest BCUT2D eigenvalue weighted by Crippen LogP contribution is 2.69. The second kappa shape index (κ2) is 2.98. The van der Waals surface area contributed by atoms with Crippen LogP contribution in [0.3, 0.4) is 0 Å². The second-order valence-corrected chi connectivity index (χ2v) is 3.74. The van der Waals surface area contributed by atoms with Crippen molar-refractivity contribution in [1.82, 2.24) is 0 Å². The Morgan fingerprint density at radius 2 is 1.31 bits per heavy atom. The quantitative estimate of drug-likeness (QED) is 0.582. The van der Waals surface area contributed by atoms with Gasteiger partial charge in [0.2, 0.25) is 0 Å². The molecule has 3 unspecified atom stereocenters. The van der Waals surface area contributed by atoms with Crippen LogP contribution in [-0.4, -0.2) is 24.4 Å². The number of hydrogen-bond donors (Lipinski definition) is 0. The van der Waals surface area contributed by atoms with Crippen LogP contribution in [0.5, 0.6) is 0 Å². The van der Waals surface area contributed by atoms with Gasteiger partial charge in [-0.25, -0.2) is 13.2 Å². The number of halogens is 9. The first kappa shape index (κ1) is 13.4. The second-order valence-electron chi connectivity index (χ2n) is 3.74. The minimum absolute atomic E-state index is 0.318. The lowest BCUT2D eigenvalue weighted by molar-refractivity contribution is -0.435. The Kier molecular flexibility index (Phi) is 2.50. The van der Waals surface area contributed by atoms with Crippen LogP contribution < -0.4 is 0 Å². The summed E-state index contributed by atoms with van der Waals surface area (Å²) < 4.78 is 111. The number of hydrogen-bond acceptors (Lipinski definition) is 0. The first-order chi connectivity index (χ1) is 6.78. The monoisotopic (exact) mass is 260 g/mol. The zero-order chi connectivity index (χ0) is 13.2. The number of rotatable bonds is 0. The molecule has 0 spiro atoms. The van der Waals surface area contributed by atoms with Crippen LogP contribution in [-0.2, 0) is 0 Å². The molecule has 0 N–H and O–H groups in total. The fourth-order valence-corrected chi connectivity index (χ4v) is 1.76. The predicted octanol–water partition coefficient (Wildman–Crippen LogP) is 3.72. The molecule has 1 fully saturated rings. The topological polar surface area (TPSA) is 0 Å². The summed E-state index contributed by atoms with van der Waals surface area (Å²) in [6.07, 6.45) is -15.4. The van der Waals surface area contributed by atoms with Crippen LogP contribution in [0.1, 0.15) is 6.92 Å². The van der Waals surface area contributed by atoms with Gasteiger partial charge in [0.1, 0.15) is 11.3 Å². The van der Waals surface area contributed by atoms with Gasteiger partial charge in [0.25, 0.3) is 5.92 Å². The van der Waals surface area contributed by atoms with Crippen molar-refractivity contribution in [1.29, 1.82) is 0 Å². The summed E-state index contributed by atoms with van der Waals surface area (Å²) in [6, 6.07) is 0. The molecule has 9 heteroatoms. The largest absolute Gasteiger partial charge is 0.400 e. The van der Waals surface area contributed by atoms with E-state index < -0.39 is 35.8 Å². The van der Waals surface area contributed by atoms with Gasteiger partial charge >= 0.3 is 12.4 Å². The maximum atomic E-state index is 12.7. The molecule has 0 aliphatic heterocycles. The molecular formula is C7H5F9. The van der Waals surface area contributed by atoms with Crippen molar-refractivity contribution >= 4 is 0 Å². The molecule has 96 valence electrons. The van der Waals surface area contributed by atoms with E-state index in [0.29, 0.717) is 0 Å². The third kappa shape index (κ3) is 1.32. The Hall–Kier alpha value is -0.630. The lowest BCUT2D eigenvalue weighted by Crippen LogP contribution is -2.75. The van der Waals surface area contributed by atoms with Crippen LogP contribution in [0.2, 0.25) is 0 Å². The van der Waals surface area contributed by atoms with E-state index in [0.717, 1.165) is 0 Å². The van der Waals surface area contributed by atoms with Crippen LogP contribution >= 0.6 is 0 Å². The van der Waals surface area contributed by atoms with Crippen molar-refractivity contribution in [3.8, 4) is 0 Å². The molecular weight excluding hydrogens is 255 g/mol. The molecule has 0 amide bonds. The normalized spacial score (nSPS) is 39.4. The minimum Gasteiger partial charge on any atom is -0.240 e. The van der Waals surface area contributed by atoms with Crippen molar-refractivity contribution < 1.29 is 39.5 Å². The van der Waals surface area contributed by atoms with E-state index in [4.69, 9.17) is 0 Å². The Morgan fingerprint density at radius 1 is 0.938 bits per heavy atom. The molecule has 3 atom stereocenters. The van der Waals surface area contributed by atoms with Gasteiger partial charge in [0.15, 0.2) is 6.17 Å². The predicted molar refractivity (Wildman–Crippen MR) is 33.5 cm³/mol. The van der Waals surface area contributed by atoms with E-state index in [1.165, 1.54) is 0 Å². The van der Waals surface area contributed by atoms with Crippen LogP contribution in [0.4, 0.5) is 39.5 Å². The van der Waals surface area contributed by atoms with Crippen LogP contribution in [0, 0.1) is 11.3 Å². The molecule has 0 nitrogen and oxygen atoms in total. The Bertz CT molecular complexity index is 287. The standard InChI is InChI=1S/C7H5F9/c1-4(7(14,15)16)2(6(11,12)13)3(8)5(4,9)10/h2-3H,1H3. The SMILES string of the molecule is CC1(C(F)(F)F)C(C(F)(F)F)C(F)C1(F)F. The molecule has 0 heterocycles. The van der Waals surface area contributed by atoms with Gasteiger partial charge in [0, 0.05) is 0 Å². The summed E-state index contributed by atoms with van der Waals surface area (Å²) in [5.41, 5.74) is -4.41. The van der Waals surface area contributed by atoms with Crippen LogP contribution in [0.25, 0.3) is 0 Å². The Labute approximate surface area is 83.4 Å². The van der Waals surface area contributed by atoms with Gasteiger partial charge in [-0.3, -0.25) is 0 Å². The lowest BCUT2D eigenvalue weighted by Gasteiger charge is -2.55. The Balaban J connectivity index is 3.24. The summed E-state index contributed by atoms with van der Waals surface area (Å²) in [7, 11) is 0. The molecule has 16 heavy (non-hydrogen) atoms. The summed E-state index contributed by atoms with van der Waals surface area (Å²) in [4.78, 5) is 0. The maximum Gasteiger partial charge on any atom is 0.400 e. The zero-order valence-corrected chi connectivity index (χ0v) is 7.56. The highest BCUT2D eigenvalue weighted by molar-refractivity contribution is 5.18. The molecule has 1 aliphatic carbocycles. The average molecular weight is 260 g/mol. The molecule has 0 radical (unpaired) electrons. The maximum absolute atomic E-state index is 12.7. The van der Waals surface area contributed by atoms with Gasteiger partial charge in [-0.15, -0.1) is 0 Å². The minimum atomic E-state index is -5.83. The molecule has 1 saturated carbocycles. The first-order valence-electron chi connectivity index (χ1n) is 3.93. The van der Waals surface area contributed by atoms with E-state index in [-0.39, 0.29) is 6.92 Å². The average Bonchev–Trinajstić information content (AvgIpc) is 1.99. The fraction of sp³-hybridized carbons (Fsp3) is 1.00. The summed E-state index contributed by atoms with van der Waals surface area (Å²) >= 11 is 0. The van der Waals surface area contributed by atoms with E-state index in [2.05, 4.69) is 0 Å². The third-order valence-electron chi connectivity index (χ3n) is 2.89. The molecule has 0 aromatic carbocycles. The van der Waals surface area contributed by atoms with Crippen molar-refractivity contribution in [2.75, 3.05) is 0 Å². The first-order valence-corrected chi connectivity index (χ1v) is 3.93. The molecule has 1 aliphatic rings. The summed E-state index contributed by atoms with van der Waals surface area (Å²) in [6.45, 7) is -0.318. The highest BCUT2D eigenvalue weighted by atomic mass is 19.4. The zero-order valence-electron chi connectivity index (χ0n) is 7.56. The highest BCUT2D eigenvalue weighted by Gasteiger charge is 2.88. The van der Waals surface area contributed by atoms with Crippen molar-refractivity contribution in [2.45, 2.75) is 31.4 Å². The van der Waals surface area contributed by atoms with Crippen molar-refractivity contribution in [3.63, 3.8) is 0 Å². The van der Waals surface area contributed by atoms with Crippen molar-refractivity contribution in [3.05, 3.63) is 0 Å². The van der Waals surface area contributed by atoms with E-state index >= 15 is 0 Å². The van der Waals surface area contributed by atoms with Gasteiger partial charge in [-0.1, -0.05) is 0 Å². The van der Waals surface area contributed by atoms with Crippen LogP contribution in [0.15, 0.2) is 0 Å². The van der Waals surface area contributed by atoms with E-state index in [1.807, 2.05) is 0 Å². The smallest absolute Gasteiger partial charge is 0.240 e. The molecule has 0 bridgehead atoms. The molecule has 0 saturated heterocycles. The van der Waals surface area contributed by atoms with Crippen molar-refractivity contribution in [2.24, 2.45) is 11.3 Å². The lowest BCUT2D eigenvalue weighted by atomic mass is 9.55. The Morgan fingerprint density at radius 3 is 1.50 bits per heavy atom. The van der Waals surface area contributed by atoms with Gasteiger partial charge in [0.05, 0.1) is 0 Å². The van der Waals surface area contributed by atoms with Gasteiger partial charge in [-0.2, -0.15) is 26.3 Å².